The molecule has 1 aromatic rings. The Kier molecular flexibility index (Phi) is 4.44. The maximum absolute atomic E-state index is 8.33. The van der Waals surface area contributed by atoms with Crippen molar-refractivity contribution in [3.8, 4) is 6.07 Å². The molecule has 1 nitrogen and oxygen atoms in total. The molecular weight excluding hydrogens is 225 g/mol. The van der Waals surface area contributed by atoms with Gasteiger partial charge < -0.3 is 0 Å². The van der Waals surface area contributed by atoms with Crippen LogP contribution in [-0.4, -0.2) is 5.75 Å². The minimum Gasteiger partial charge on any atom is -0.197 e. The first-order valence-corrected chi connectivity index (χ1v) is 5.53. The summed E-state index contributed by atoms with van der Waals surface area (Å²) in [4.78, 5) is 0. The summed E-state index contributed by atoms with van der Waals surface area (Å²) in [7, 11) is 0. The van der Waals surface area contributed by atoms with Crippen LogP contribution in [0.25, 0.3) is 0 Å². The van der Waals surface area contributed by atoms with Crippen molar-refractivity contribution in [2.45, 2.75) is 5.75 Å². The van der Waals surface area contributed by atoms with E-state index in [9.17, 15) is 0 Å². The van der Waals surface area contributed by atoms with Gasteiger partial charge in [0.05, 0.1) is 11.8 Å². The highest BCUT2D eigenvalue weighted by molar-refractivity contribution is 7.98. The third kappa shape index (κ3) is 3.48. The van der Waals surface area contributed by atoms with Crippen molar-refractivity contribution < 1.29 is 0 Å². The lowest BCUT2D eigenvalue weighted by Crippen LogP contribution is -1.83. The molecule has 0 atom stereocenters. The van der Waals surface area contributed by atoms with Gasteiger partial charge in [0.1, 0.15) is 0 Å². The molecule has 68 valence electrons. The summed E-state index contributed by atoms with van der Waals surface area (Å²) in [5.74, 6) is 1.24. The third-order valence-electron chi connectivity index (χ3n) is 1.44. The van der Waals surface area contributed by atoms with E-state index < -0.39 is 0 Å². The van der Waals surface area contributed by atoms with E-state index in [4.69, 9.17) is 28.5 Å². The monoisotopic (exact) mass is 231 g/mol. The van der Waals surface area contributed by atoms with Gasteiger partial charge in [-0.3, -0.25) is 0 Å². The first-order chi connectivity index (χ1) is 6.24. The molecule has 4 heteroatoms. The Labute approximate surface area is 91.6 Å². The molecular formula is C9H7Cl2NS. The lowest BCUT2D eigenvalue weighted by atomic mass is 10.2. The van der Waals surface area contributed by atoms with Gasteiger partial charge in [0.15, 0.2) is 0 Å². The largest absolute Gasteiger partial charge is 0.197 e. The van der Waals surface area contributed by atoms with Crippen molar-refractivity contribution in [3.05, 3.63) is 33.8 Å². The Hall–Kier alpha value is -0.360. The van der Waals surface area contributed by atoms with Gasteiger partial charge in [-0.15, -0.1) is 11.8 Å². The Balaban J connectivity index is 2.62. The molecule has 0 bridgehead atoms. The van der Waals surface area contributed by atoms with Crippen LogP contribution in [0.1, 0.15) is 5.56 Å². The summed E-state index contributed by atoms with van der Waals surface area (Å²) in [6.07, 6.45) is 0. The van der Waals surface area contributed by atoms with Crippen LogP contribution in [-0.2, 0) is 5.75 Å². The van der Waals surface area contributed by atoms with E-state index in [0.717, 1.165) is 11.3 Å². The maximum Gasteiger partial charge on any atom is 0.0811 e. The molecule has 0 aliphatic carbocycles. The topological polar surface area (TPSA) is 23.8 Å². The zero-order valence-electron chi connectivity index (χ0n) is 6.76. The Morgan fingerprint density at radius 2 is 2.15 bits per heavy atom. The summed E-state index contributed by atoms with van der Waals surface area (Å²) in [5, 5.41) is 9.64. The highest BCUT2D eigenvalue weighted by Crippen LogP contribution is 2.24. The number of hydrogen-bond acceptors (Lipinski definition) is 2. The molecule has 0 aliphatic rings. The number of nitrogens with zero attached hydrogens (tertiary/aromatic N) is 1. The Morgan fingerprint density at radius 3 is 2.77 bits per heavy atom. The molecule has 0 aliphatic heterocycles. The molecule has 1 aromatic carbocycles. The van der Waals surface area contributed by atoms with E-state index in [2.05, 4.69) is 6.07 Å². The summed E-state index contributed by atoms with van der Waals surface area (Å²) in [5.41, 5.74) is 1.02. The molecule has 0 aromatic heterocycles. The molecule has 0 radical (unpaired) electrons. The van der Waals surface area contributed by atoms with Crippen molar-refractivity contribution >= 4 is 35.0 Å². The molecule has 0 unspecified atom stereocenters. The average molecular weight is 232 g/mol. The Bertz CT molecular complexity index is 333. The van der Waals surface area contributed by atoms with Crippen LogP contribution in [0.15, 0.2) is 18.2 Å². The lowest BCUT2D eigenvalue weighted by molar-refractivity contribution is 1.41. The van der Waals surface area contributed by atoms with Crippen molar-refractivity contribution in [1.82, 2.24) is 0 Å². The molecule has 0 spiro atoms. The van der Waals surface area contributed by atoms with E-state index in [1.807, 2.05) is 6.07 Å². The standard InChI is InChI=1S/C9H7Cl2NS/c10-8-2-1-7(9(11)5-8)6-13-4-3-12/h1-2,5H,4,6H2. The van der Waals surface area contributed by atoms with E-state index in [1.54, 1.807) is 12.1 Å². The van der Waals surface area contributed by atoms with Crippen molar-refractivity contribution in [1.29, 1.82) is 5.26 Å². The van der Waals surface area contributed by atoms with Gasteiger partial charge in [-0.05, 0) is 17.7 Å². The normalized spacial score (nSPS) is 9.62. The van der Waals surface area contributed by atoms with Crippen LogP contribution in [0.4, 0.5) is 0 Å². The summed E-state index contributed by atoms with van der Waals surface area (Å²) < 4.78 is 0. The number of halogens is 2. The van der Waals surface area contributed by atoms with Gasteiger partial charge in [-0.1, -0.05) is 29.3 Å². The smallest absolute Gasteiger partial charge is 0.0811 e. The maximum atomic E-state index is 8.33. The summed E-state index contributed by atoms with van der Waals surface area (Å²) in [6, 6.07) is 7.46. The summed E-state index contributed by atoms with van der Waals surface area (Å²) in [6.45, 7) is 0. The molecule has 0 fully saturated rings. The van der Waals surface area contributed by atoms with Crippen LogP contribution >= 0.6 is 35.0 Å². The fourth-order valence-corrected chi connectivity index (χ4v) is 2.06. The van der Waals surface area contributed by atoms with E-state index in [-0.39, 0.29) is 0 Å². The molecule has 0 saturated heterocycles. The number of hydrogen-bond donors (Lipinski definition) is 0. The zero-order chi connectivity index (χ0) is 9.68. The molecule has 1 rings (SSSR count). The molecule has 13 heavy (non-hydrogen) atoms. The molecule has 0 amide bonds. The number of nitriles is 1. The number of benzene rings is 1. The van der Waals surface area contributed by atoms with E-state index in [0.29, 0.717) is 15.8 Å². The second-order valence-electron chi connectivity index (χ2n) is 2.39. The molecule has 0 saturated carbocycles. The number of thioether (sulfide) groups is 1. The molecule has 0 heterocycles. The fourth-order valence-electron chi connectivity index (χ4n) is 0.845. The van der Waals surface area contributed by atoms with E-state index in [1.165, 1.54) is 11.8 Å². The predicted octanol–water partition coefficient (Wildman–Crippen LogP) is 3.75. The quantitative estimate of drug-likeness (QED) is 0.741. The van der Waals surface area contributed by atoms with Crippen molar-refractivity contribution in [2.75, 3.05) is 5.75 Å². The summed E-state index contributed by atoms with van der Waals surface area (Å²) >= 11 is 13.2. The predicted molar refractivity (Wildman–Crippen MR) is 58.2 cm³/mol. The van der Waals surface area contributed by atoms with Gasteiger partial charge in [0.2, 0.25) is 0 Å². The number of rotatable bonds is 3. The van der Waals surface area contributed by atoms with Gasteiger partial charge in [0.25, 0.3) is 0 Å². The van der Waals surface area contributed by atoms with Crippen LogP contribution in [0.5, 0.6) is 0 Å². The highest BCUT2D eigenvalue weighted by atomic mass is 35.5. The SMILES string of the molecule is N#CCSCc1ccc(Cl)cc1Cl. The second-order valence-corrected chi connectivity index (χ2v) is 4.22. The van der Waals surface area contributed by atoms with Crippen molar-refractivity contribution in [3.63, 3.8) is 0 Å². The van der Waals surface area contributed by atoms with Gasteiger partial charge in [0, 0.05) is 15.8 Å². The highest BCUT2D eigenvalue weighted by Gasteiger charge is 2.00. The molecule has 0 N–H and O–H groups in total. The zero-order valence-corrected chi connectivity index (χ0v) is 9.09. The van der Waals surface area contributed by atoms with Gasteiger partial charge in [-0.25, -0.2) is 0 Å². The van der Waals surface area contributed by atoms with Gasteiger partial charge >= 0.3 is 0 Å². The van der Waals surface area contributed by atoms with Crippen LogP contribution in [0.3, 0.4) is 0 Å². The third-order valence-corrected chi connectivity index (χ3v) is 2.87. The van der Waals surface area contributed by atoms with Crippen LogP contribution in [0, 0.1) is 11.3 Å². The average Bonchev–Trinajstić information content (AvgIpc) is 2.09. The minimum atomic E-state index is 0.485. The lowest BCUT2D eigenvalue weighted by Gasteiger charge is -2.01. The fraction of sp³-hybridized carbons (Fsp3) is 0.222. The second kappa shape index (κ2) is 5.39. The minimum absolute atomic E-state index is 0.485. The first-order valence-electron chi connectivity index (χ1n) is 3.62. The van der Waals surface area contributed by atoms with Crippen LogP contribution in [0.2, 0.25) is 10.0 Å². The Morgan fingerprint density at radius 1 is 1.38 bits per heavy atom. The van der Waals surface area contributed by atoms with E-state index >= 15 is 0 Å². The van der Waals surface area contributed by atoms with Gasteiger partial charge in [-0.2, -0.15) is 5.26 Å². The van der Waals surface area contributed by atoms with Crippen molar-refractivity contribution in [2.24, 2.45) is 0 Å². The first kappa shape index (κ1) is 10.7. The van der Waals surface area contributed by atoms with Crippen LogP contribution < -0.4 is 0 Å².